The first-order valence-corrected chi connectivity index (χ1v) is 7.30. The fraction of sp³-hybridized carbons (Fsp3) is 0.385. The van der Waals surface area contributed by atoms with Crippen LogP contribution in [0.5, 0.6) is 0 Å². The maximum absolute atomic E-state index is 13.3. The van der Waals surface area contributed by atoms with E-state index < -0.39 is 33.7 Å². The van der Waals surface area contributed by atoms with Crippen molar-refractivity contribution in [2.24, 2.45) is 0 Å². The molecule has 2 unspecified atom stereocenters. The number of rotatable bonds is 6. The highest BCUT2D eigenvalue weighted by molar-refractivity contribution is 7.86. The van der Waals surface area contributed by atoms with Gasteiger partial charge in [-0.1, -0.05) is 19.1 Å². The number of benzene rings is 1. The average molecular weight is 301 g/mol. The van der Waals surface area contributed by atoms with Gasteiger partial charge < -0.3 is 10.1 Å². The first kappa shape index (κ1) is 16.3. The highest BCUT2D eigenvalue weighted by atomic mass is 32.2. The molecule has 0 radical (unpaired) electrons. The summed E-state index contributed by atoms with van der Waals surface area (Å²) in [6, 6.07) is 5.71. The number of para-hydroxylation sites is 1. The fourth-order valence-corrected chi connectivity index (χ4v) is 2.37. The summed E-state index contributed by atoms with van der Waals surface area (Å²) < 4.78 is 29.6. The third-order valence-corrected chi connectivity index (χ3v) is 4.16. The molecule has 0 saturated heterocycles. The summed E-state index contributed by atoms with van der Waals surface area (Å²) in [6.07, 6.45) is -0.0317. The van der Waals surface area contributed by atoms with E-state index in [0.717, 1.165) is 0 Å². The van der Waals surface area contributed by atoms with Gasteiger partial charge in [0.15, 0.2) is 0 Å². The van der Waals surface area contributed by atoms with Gasteiger partial charge in [-0.2, -0.15) is 0 Å². The number of hydrogen-bond acceptors (Lipinski definition) is 4. The van der Waals surface area contributed by atoms with Crippen LogP contribution in [0.3, 0.4) is 0 Å². The number of esters is 1. The van der Waals surface area contributed by atoms with Crippen molar-refractivity contribution in [2.75, 3.05) is 18.2 Å². The molecule has 0 fully saturated rings. The van der Waals surface area contributed by atoms with Crippen LogP contribution in [0.4, 0.5) is 10.1 Å². The normalized spacial score (nSPS) is 13.3. The second kappa shape index (κ2) is 7.74. The number of ether oxygens (including phenoxy) is 1. The molecular formula is C13H16FNO4S. The molecule has 0 spiro atoms. The second-order valence-corrected chi connectivity index (χ2v) is 6.00. The minimum Gasteiger partial charge on any atom is -0.469 e. The number of hydrogen-bond donors (Lipinski definition) is 1. The van der Waals surface area contributed by atoms with Crippen LogP contribution in [0.1, 0.15) is 13.3 Å². The molecule has 5 nitrogen and oxygen atoms in total. The summed E-state index contributed by atoms with van der Waals surface area (Å²) >= 11 is 0. The molecule has 1 N–H and O–H groups in total. The van der Waals surface area contributed by atoms with Crippen molar-refractivity contribution in [2.45, 2.75) is 18.6 Å². The van der Waals surface area contributed by atoms with Gasteiger partial charge in [0, 0.05) is 16.0 Å². The Morgan fingerprint density at radius 2 is 2.05 bits per heavy atom. The van der Waals surface area contributed by atoms with Crippen LogP contribution >= 0.6 is 0 Å². The van der Waals surface area contributed by atoms with Gasteiger partial charge in [-0.05, 0) is 12.1 Å². The van der Waals surface area contributed by atoms with Crippen LogP contribution in [0.2, 0.25) is 0 Å². The SMILES string of the molecule is COC(=O)CC(C)S(=O)CC(=O)Nc1ccccc1F. The van der Waals surface area contributed by atoms with E-state index in [4.69, 9.17) is 0 Å². The molecule has 0 saturated carbocycles. The van der Waals surface area contributed by atoms with E-state index in [1.165, 1.54) is 25.3 Å². The fourth-order valence-electron chi connectivity index (χ4n) is 1.43. The number of halogens is 1. The summed E-state index contributed by atoms with van der Waals surface area (Å²) in [7, 11) is -0.294. The maximum atomic E-state index is 13.3. The van der Waals surface area contributed by atoms with E-state index in [2.05, 4.69) is 10.1 Å². The van der Waals surface area contributed by atoms with Crippen LogP contribution in [0.15, 0.2) is 24.3 Å². The monoisotopic (exact) mass is 301 g/mol. The highest BCUT2D eigenvalue weighted by Gasteiger charge is 2.19. The Hall–Kier alpha value is -1.76. The van der Waals surface area contributed by atoms with Crippen molar-refractivity contribution < 1.29 is 22.9 Å². The smallest absolute Gasteiger partial charge is 0.306 e. The maximum Gasteiger partial charge on any atom is 0.306 e. The minimum absolute atomic E-state index is 0.0317. The van der Waals surface area contributed by atoms with Gasteiger partial charge in [0.05, 0.1) is 19.2 Å². The molecule has 1 rings (SSSR count). The first-order valence-electron chi connectivity index (χ1n) is 5.92. The number of anilines is 1. The molecule has 0 aliphatic carbocycles. The number of methoxy groups -OCH3 is 1. The molecular weight excluding hydrogens is 285 g/mol. The van der Waals surface area contributed by atoms with E-state index in [1.54, 1.807) is 13.0 Å². The lowest BCUT2D eigenvalue weighted by atomic mass is 10.3. The number of amides is 1. The van der Waals surface area contributed by atoms with Crippen molar-refractivity contribution in [1.29, 1.82) is 0 Å². The van der Waals surface area contributed by atoms with E-state index >= 15 is 0 Å². The van der Waals surface area contributed by atoms with Gasteiger partial charge in [-0.15, -0.1) is 0 Å². The summed E-state index contributed by atoms with van der Waals surface area (Å²) in [5, 5.41) is 1.83. The number of carbonyl (C=O) groups is 2. The Morgan fingerprint density at radius 3 is 2.65 bits per heavy atom. The molecule has 1 aromatic rings. The molecule has 20 heavy (non-hydrogen) atoms. The standard InChI is InChI=1S/C13H16FNO4S/c1-9(7-13(17)19-2)20(18)8-12(16)15-11-6-4-3-5-10(11)14/h3-6,9H,7-8H2,1-2H3,(H,15,16). The summed E-state index contributed by atoms with van der Waals surface area (Å²) in [5.74, 6) is -1.91. The van der Waals surface area contributed by atoms with Crippen LogP contribution < -0.4 is 5.32 Å². The highest BCUT2D eigenvalue weighted by Crippen LogP contribution is 2.12. The third kappa shape index (κ3) is 5.08. The molecule has 7 heteroatoms. The quantitative estimate of drug-likeness (QED) is 0.808. The lowest BCUT2D eigenvalue weighted by Crippen LogP contribution is -2.26. The van der Waals surface area contributed by atoms with Gasteiger partial charge >= 0.3 is 5.97 Å². The van der Waals surface area contributed by atoms with Crippen molar-refractivity contribution >= 4 is 28.4 Å². The van der Waals surface area contributed by atoms with Gasteiger partial charge in [0.1, 0.15) is 11.6 Å². The third-order valence-electron chi connectivity index (χ3n) is 2.55. The zero-order chi connectivity index (χ0) is 15.1. The molecule has 0 aromatic heterocycles. The zero-order valence-electron chi connectivity index (χ0n) is 11.2. The Balaban J connectivity index is 2.52. The predicted molar refractivity (Wildman–Crippen MR) is 74.1 cm³/mol. The van der Waals surface area contributed by atoms with E-state index in [9.17, 15) is 18.2 Å². The number of carbonyl (C=O) groups excluding carboxylic acids is 2. The van der Waals surface area contributed by atoms with Gasteiger partial charge in [-0.25, -0.2) is 4.39 Å². The Morgan fingerprint density at radius 1 is 1.40 bits per heavy atom. The first-order chi connectivity index (χ1) is 9.43. The van der Waals surface area contributed by atoms with Crippen molar-refractivity contribution in [3.63, 3.8) is 0 Å². The van der Waals surface area contributed by atoms with E-state index in [-0.39, 0.29) is 17.9 Å². The van der Waals surface area contributed by atoms with E-state index in [0.29, 0.717) is 0 Å². The van der Waals surface area contributed by atoms with Crippen molar-refractivity contribution in [3.8, 4) is 0 Å². The van der Waals surface area contributed by atoms with Gasteiger partial charge in [-0.3, -0.25) is 13.8 Å². The van der Waals surface area contributed by atoms with Crippen LogP contribution in [0, 0.1) is 5.82 Å². The minimum atomic E-state index is -1.53. The lowest BCUT2D eigenvalue weighted by Gasteiger charge is -2.10. The molecule has 2 atom stereocenters. The average Bonchev–Trinajstić information content (AvgIpc) is 2.41. The molecule has 110 valence electrons. The van der Waals surface area contributed by atoms with Gasteiger partial charge in [0.2, 0.25) is 5.91 Å². The molecule has 1 amide bonds. The number of nitrogens with one attached hydrogen (secondary N) is 1. The Bertz CT molecular complexity index is 521. The van der Waals surface area contributed by atoms with Crippen LogP contribution in [-0.4, -0.2) is 34.2 Å². The topological polar surface area (TPSA) is 72.5 Å². The lowest BCUT2D eigenvalue weighted by molar-refractivity contribution is -0.140. The second-order valence-electron chi connectivity index (χ2n) is 4.14. The summed E-state index contributed by atoms with van der Waals surface area (Å²) in [6.45, 7) is 1.59. The van der Waals surface area contributed by atoms with Gasteiger partial charge in [0.25, 0.3) is 0 Å². The molecule has 0 heterocycles. The van der Waals surface area contributed by atoms with Crippen LogP contribution in [0.25, 0.3) is 0 Å². The van der Waals surface area contributed by atoms with Crippen molar-refractivity contribution in [1.82, 2.24) is 0 Å². The Labute approximate surface area is 119 Å². The largest absolute Gasteiger partial charge is 0.469 e. The van der Waals surface area contributed by atoms with Crippen molar-refractivity contribution in [3.05, 3.63) is 30.1 Å². The molecule has 1 aromatic carbocycles. The molecule has 0 bridgehead atoms. The van der Waals surface area contributed by atoms with Crippen LogP contribution in [-0.2, 0) is 25.1 Å². The Kier molecular flexibility index (Phi) is 6.30. The predicted octanol–water partition coefficient (Wildman–Crippen LogP) is 1.46. The zero-order valence-corrected chi connectivity index (χ0v) is 12.0. The molecule has 0 aliphatic rings. The van der Waals surface area contributed by atoms with E-state index in [1.807, 2.05) is 0 Å². The summed E-state index contributed by atoms with van der Waals surface area (Å²) in [4.78, 5) is 22.7. The molecule has 0 aliphatic heterocycles. The summed E-state index contributed by atoms with van der Waals surface area (Å²) in [5.41, 5.74) is 0.0371.